The van der Waals surface area contributed by atoms with E-state index in [1.54, 1.807) is 7.11 Å². The summed E-state index contributed by atoms with van der Waals surface area (Å²) in [6, 6.07) is 31.1. The fourth-order valence-electron chi connectivity index (χ4n) is 5.11. The van der Waals surface area contributed by atoms with Crippen molar-refractivity contribution in [1.29, 1.82) is 0 Å². The number of rotatable bonds is 10. The number of nitrogens with zero attached hydrogens (tertiary/aromatic N) is 1. The lowest BCUT2D eigenvalue weighted by Gasteiger charge is -2.36. The second kappa shape index (κ2) is 12.7. The number of hydrogen-bond donors (Lipinski definition) is 0. The fourth-order valence-corrected chi connectivity index (χ4v) is 11.0. The molecule has 208 valence electrons. The molecule has 40 heavy (non-hydrogen) atoms. The van der Waals surface area contributed by atoms with E-state index < -0.39 is 14.1 Å². The van der Waals surface area contributed by atoms with Gasteiger partial charge >= 0.3 is 0 Å². The van der Waals surface area contributed by atoms with E-state index in [2.05, 4.69) is 106 Å². The molecule has 0 aromatic heterocycles. The summed E-state index contributed by atoms with van der Waals surface area (Å²) in [7, 11) is -0.256. The third kappa shape index (κ3) is 6.33. The molecule has 0 saturated carbocycles. The van der Waals surface area contributed by atoms with E-state index in [9.17, 15) is 4.79 Å². The minimum Gasteiger partial charge on any atom is -0.497 e. The number of aryl methyl sites for hydroxylation is 1. The summed E-state index contributed by atoms with van der Waals surface area (Å²) in [5, 5.41) is 4.66. The molecule has 4 rings (SSSR count). The number of anilines is 1. The van der Waals surface area contributed by atoms with E-state index >= 15 is 0 Å². The first kappa shape index (κ1) is 30.0. The molecule has 0 aliphatic carbocycles. The van der Waals surface area contributed by atoms with Gasteiger partial charge < -0.3 is 9.64 Å². The van der Waals surface area contributed by atoms with Crippen LogP contribution in [0.2, 0.25) is 19.6 Å². The number of ether oxygens (including phenoxy) is 1. The fraction of sp³-hybridized carbons (Fsp3) is 0.265. The van der Waals surface area contributed by atoms with Crippen molar-refractivity contribution in [1.82, 2.24) is 0 Å². The minimum absolute atomic E-state index is 0.130. The zero-order chi connectivity index (χ0) is 28.9. The first-order chi connectivity index (χ1) is 19.1. The highest BCUT2D eigenvalue weighted by atomic mass is 32.4. The van der Waals surface area contributed by atoms with Gasteiger partial charge in [-0.25, -0.2) is 0 Å². The van der Waals surface area contributed by atoms with Gasteiger partial charge in [-0.05, 0) is 52.9 Å². The predicted molar refractivity (Wildman–Crippen MR) is 179 cm³/mol. The van der Waals surface area contributed by atoms with E-state index in [0.717, 1.165) is 39.3 Å². The molecule has 0 unspecified atom stereocenters. The van der Waals surface area contributed by atoms with Crippen molar-refractivity contribution >= 4 is 58.6 Å². The highest BCUT2D eigenvalue weighted by Gasteiger charge is 2.35. The summed E-state index contributed by atoms with van der Waals surface area (Å²) < 4.78 is 5.40. The van der Waals surface area contributed by atoms with Gasteiger partial charge in [0.05, 0.1) is 27.4 Å². The third-order valence-electron chi connectivity index (χ3n) is 7.16. The van der Waals surface area contributed by atoms with Gasteiger partial charge in [-0.2, -0.15) is 0 Å². The maximum absolute atomic E-state index is 14.1. The molecule has 0 heterocycles. The third-order valence-corrected chi connectivity index (χ3v) is 14.1. The Kier molecular flexibility index (Phi) is 9.51. The van der Waals surface area contributed by atoms with Crippen molar-refractivity contribution in [3.8, 4) is 5.75 Å². The second-order valence-corrected chi connectivity index (χ2v) is 20.7. The van der Waals surface area contributed by atoms with E-state index in [1.807, 2.05) is 29.2 Å². The van der Waals surface area contributed by atoms with Crippen molar-refractivity contribution in [2.45, 2.75) is 52.9 Å². The van der Waals surface area contributed by atoms with Crippen LogP contribution >= 0.6 is 6.04 Å². The summed E-state index contributed by atoms with van der Waals surface area (Å²) in [5.74, 6) is 0.934. The lowest BCUT2D eigenvalue weighted by Crippen LogP contribution is -2.48. The normalized spacial score (nSPS) is 11.8. The van der Waals surface area contributed by atoms with Crippen LogP contribution in [0, 0.1) is 6.92 Å². The van der Waals surface area contributed by atoms with Crippen LogP contribution in [0.5, 0.6) is 5.75 Å². The van der Waals surface area contributed by atoms with Gasteiger partial charge in [0.1, 0.15) is 5.75 Å². The molecular weight excluding hydrogens is 546 g/mol. The summed E-state index contributed by atoms with van der Waals surface area (Å²) in [5.41, 5.74) is 3.27. The molecular formula is C34H40NO2PSSi. The second-order valence-electron chi connectivity index (χ2n) is 11.3. The van der Waals surface area contributed by atoms with Gasteiger partial charge in [-0.1, -0.05) is 123 Å². The molecule has 0 aliphatic rings. The largest absolute Gasteiger partial charge is 0.497 e. The Balaban J connectivity index is 2.09. The molecule has 4 aromatic rings. The van der Waals surface area contributed by atoms with Crippen LogP contribution in [-0.2, 0) is 23.1 Å². The van der Waals surface area contributed by atoms with Crippen LogP contribution in [-0.4, -0.2) is 21.1 Å². The van der Waals surface area contributed by atoms with E-state index in [4.69, 9.17) is 16.5 Å². The Hall–Kier alpha value is -2.98. The highest BCUT2D eigenvalue weighted by molar-refractivity contribution is 8.25. The molecule has 4 aromatic carbocycles. The summed E-state index contributed by atoms with van der Waals surface area (Å²) >= 11 is 6.87. The monoisotopic (exact) mass is 585 g/mol. The molecule has 0 radical (unpaired) electrons. The van der Waals surface area contributed by atoms with E-state index in [1.165, 1.54) is 10.8 Å². The Morgan fingerprint density at radius 1 is 0.875 bits per heavy atom. The van der Waals surface area contributed by atoms with Crippen LogP contribution in [0.15, 0.2) is 97.1 Å². The van der Waals surface area contributed by atoms with Crippen molar-refractivity contribution in [3.05, 3.63) is 108 Å². The average Bonchev–Trinajstić information content (AvgIpc) is 2.96. The van der Waals surface area contributed by atoms with E-state index in [0.29, 0.717) is 13.0 Å². The van der Waals surface area contributed by atoms with Crippen LogP contribution in [0.1, 0.15) is 30.9 Å². The lowest BCUT2D eigenvalue weighted by atomic mass is 10.1. The van der Waals surface area contributed by atoms with Crippen molar-refractivity contribution in [2.75, 3.05) is 12.0 Å². The average molecular weight is 586 g/mol. The van der Waals surface area contributed by atoms with Gasteiger partial charge in [-0.15, -0.1) is 0 Å². The van der Waals surface area contributed by atoms with Gasteiger partial charge in [0, 0.05) is 17.8 Å². The van der Waals surface area contributed by atoms with Gasteiger partial charge in [0.15, 0.2) is 0 Å². The smallest absolute Gasteiger partial charge is 0.227 e. The maximum atomic E-state index is 14.1. The minimum atomic E-state index is -2.53. The Morgan fingerprint density at radius 2 is 1.43 bits per heavy atom. The first-order valence-corrected chi connectivity index (χ1v) is 20.2. The molecule has 6 heteroatoms. The van der Waals surface area contributed by atoms with Crippen LogP contribution in [0.4, 0.5) is 5.69 Å². The molecule has 0 saturated heterocycles. The Bertz CT molecular complexity index is 1460. The molecule has 0 aliphatic heterocycles. The molecule has 3 nitrogen and oxygen atoms in total. The first-order valence-electron chi connectivity index (χ1n) is 13.9. The molecule has 0 spiro atoms. The molecule has 0 N–H and O–H groups in total. The Morgan fingerprint density at radius 3 is 1.90 bits per heavy atom. The van der Waals surface area contributed by atoms with E-state index in [-0.39, 0.29) is 5.91 Å². The number of benzene rings is 4. The highest BCUT2D eigenvalue weighted by Crippen LogP contribution is 2.46. The molecule has 0 fully saturated rings. The quantitative estimate of drug-likeness (QED) is 0.154. The zero-order valence-electron chi connectivity index (χ0n) is 24.5. The topological polar surface area (TPSA) is 29.5 Å². The van der Waals surface area contributed by atoms with Gasteiger partial charge in [0.25, 0.3) is 0 Å². The number of methoxy groups -OCH3 is 1. The predicted octanol–water partition coefficient (Wildman–Crippen LogP) is 6.64. The number of carbonyl (C=O) groups is 1. The Labute approximate surface area is 246 Å². The van der Waals surface area contributed by atoms with Crippen LogP contribution < -0.4 is 30.7 Å². The molecule has 1 amide bonds. The zero-order valence-corrected chi connectivity index (χ0v) is 27.2. The lowest BCUT2D eigenvalue weighted by molar-refractivity contribution is -0.118. The standard InChI is InChI=1S/C34H40NO2PSSi/c1-7-14-33(36)35(25-27-19-21-28(37-3)22-20-27)34-31(23-26(2)24-32(34)40(4,5)6)38(39,29-15-10-8-11-16-29)30-17-12-9-13-18-30/h8-13,15-24H,7,14,25H2,1-6H3. The van der Waals surface area contributed by atoms with Crippen LogP contribution in [0.3, 0.4) is 0 Å². The number of carbonyl (C=O) groups excluding carboxylic acids is 1. The summed E-state index contributed by atoms with van der Waals surface area (Å²) in [6.07, 6.45) is 1.26. The summed E-state index contributed by atoms with van der Waals surface area (Å²) in [4.78, 5) is 16.1. The molecule has 0 atom stereocenters. The molecule has 0 bridgehead atoms. The van der Waals surface area contributed by atoms with Gasteiger partial charge in [0.2, 0.25) is 5.91 Å². The maximum Gasteiger partial charge on any atom is 0.227 e. The SMILES string of the molecule is CCCC(=O)N(Cc1ccc(OC)cc1)c1c([Si](C)(C)C)cc(C)cc1P(=S)(c1ccccc1)c1ccccc1. The van der Waals surface area contributed by atoms with Gasteiger partial charge in [-0.3, -0.25) is 4.79 Å². The van der Waals surface area contributed by atoms with Crippen molar-refractivity contribution in [3.63, 3.8) is 0 Å². The van der Waals surface area contributed by atoms with Crippen LogP contribution in [0.25, 0.3) is 0 Å². The number of hydrogen-bond acceptors (Lipinski definition) is 3. The van der Waals surface area contributed by atoms with Crippen molar-refractivity contribution in [2.24, 2.45) is 0 Å². The number of amides is 1. The van der Waals surface area contributed by atoms with Crippen molar-refractivity contribution < 1.29 is 9.53 Å². The summed E-state index contributed by atoms with van der Waals surface area (Å²) in [6.45, 7) is 11.8.